The fraction of sp³-hybridized carbons (Fsp3) is 0.542. The first kappa shape index (κ1) is 44.4. The largest absolute Gasteiger partial charge is 0.453 e. The number of imidazole rings is 2. The molecule has 7 rings (SSSR count). The Morgan fingerprint density at radius 3 is 1.74 bits per heavy atom. The van der Waals surface area contributed by atoms with Crippen LogP contribution in [-0.4, -0.2) is 92.1 Å². The molecule has 4 aromatic rings. The van der Waals surface area contributed by atoms with E-state index in [0.717, 1.165) is 47.3 Å². The van der Waals surface area contributed by atoms with Gasteiger partial charge in [0.25, 0.3) is 0 Å². The Hall–Kier alpha value is -5.66. The molecule has 7 unspecified atom stereocenters. The Labute approximate surface area is 365 Å². The molecular weight excluding hydrogens is 785 g/mol. The van der Waals surface area contributed by atoms with Crippen LogP contribution in [0.15, 0.2) is 48.8 Å². The maximum Gasteiger partial charge on any atom is 0.407 e. The van der Waals surface area contributed by atoms with Crippen molar-refractivity contribution in [1.29, 1.82) is 0 Å². The number of aromatic amines is 2. The van der Waals surface area contributed by atoms with Gasteiger partial charge in [-0.15, -0.1) is 0 Å². The van der Waals surface area contributed by atoms with Crippen LogP contribution in [0.5, 0.6) is 0 Å². The number of benzene rings is 2. The number of aromatic nitrogens is 4. The number of hydrogen-bond donors (Lipinski definition) is 4. The van der Waals surface area contributed by atoms with Gasteiger partial charge in [-0.1, -0.05) is 91.8 Å². The first-order valence-corrected chi connectivity index (χ1v) is 22.2. The van der Waals surface area contributed by atoms with Gasteiger partial charge in [0.2, 0.25) is 11.8 Å². The van der Waals surface area contributed by atoms with Gasteiger partial charge < -0.3 is 39.9 Å². The summed E-state index contributed by atoms with van der Waals surface area (Å²) in [5, 5.41) is 5.51. The molecule has 62 heavy (non-hydrogen) atoms. The van der Waals surface area contributed by atoms with Crippen LogP contribution in [0, 0.1) is 35.5 Å². The standard InChI is InChI=1S/C48H64N8O6/c1-24(2)40(53-47(59)61-10)45(57)55(42-26(5)27(42)6)23-39-49-22-38(51-39)36-20-19-33(34-13-12-14-35(34)36)31-15-17-32(18-16-31)37-21-50-44(52-37)30(9)56(43-28(7)29(43)8)46(58)41(25(3)4)54-48(60)62-11/h15-22,24-30,40-43H,12-14,23H2,1-11H3,(H,49,51)(H,50,52)(H,53,59)(H,54,60). The average Bonchev–Trinajstić information content (AvgIpc) is 3.74. The molecular formula is C48H64N8O6. The molecule has 3 aliphatic rings. The minimum Gasteiger partial charge on any atom is -0.453 e. The van der Waals surface area contributed by atoms with Gasteiger partial charge in [-0.3, -0.25) is 9.59 Å². The van der Waals surface area contributed by atoms with Crippen LogP contribution in [0.3, 0.4) is 0 Å². The Balaban J connectivity index is 1.08. The number of carbonyl (C=O) groups excluding carboxylic acids is 4. The summed E-state index contributed by atoms with van der Waals surface area (Å²) < 4.78 is 9.68. The van der Waals surface area contributed by atoms with Crippen molar-refractivity contribution in [3.8, 4) is 33.6 Å². The normalized spacial score (nSPS) is 22.7. The number of fused-ring (bicyclic) bond motifs is 1. The van der Waals surface area contributed by atoms with Gasteiger partial charge in [0.15, 0.2) is 0 Å². The molecule has 3 aliphatic carbocycles. The summed E-state index contributed by atoms with van der Waals surface area (Å²) in [6.45, 7) is 18.6. The van der Waals surface area contributed by atoms with Gasteiger partial charge in [0.05, 0.1) is 50.6 Å². The Bertz CT molecular complexity index is 2270. The first-order chi connectivity index (χ1) is 29.6. The van der Waals surface area contributed by atoms with E-state index in [1.54, 1.807) is 0 Å². The molecule has 0 saturated heterocycles. The molecule has 2 saturated carbocycles. The van der Waals surface area contributed by atoms with Gasteiger partial charge in [-0.05, 0) is 89.5 Å². The lowest BCUT2D eigenvalue weighted by Crippen LogP contribution is -2.53. The molecule has 14 heteroatoms. The van der Waals surface area contributed by atoms with E-state index in [2.05, 4.69) is 84.7 Å². The minimum atomic E-state index is -0.727. The van der Waals surface area contributed by atoms with E-state index >= 15 is 0 Å². The second-order valence-corrected chi connectivity index (χ2v) is 18.5. The SMILES string of the molecule is COC(=O)NC(C(=O)N(Cc1ncc(-c2ccc(-c3ccc(-c4cnc(C(C)N(C(=O)C(NC(=O)OC)C(C)C)C5C(C)C5C)[nH]4)cc3)c3c2CCC3)[nH]1)C1C(C)C1C)C(C)C. The van der Waals surface area contributed by atoms with E-state index in [9.17, 15) is 19.2 Å². The summed E-state index contributed by atoms with van der Waals surface area (Å²) in [4.78, 5) is 72.9. The Kier molecular flexibility index (Phi) is 12.9. The summed E-state index contributed by atoms with van der Waals surface area (Å²) in [5.41, 5.74) is 8.88. The molecule has 4 amide bonds. The zero-order valence-electron chi connectivity index (χ0n) is 38.0. The van der Waals surface area contributed by atoms with Crippen molar-refractivity contribution in [2.24, 2.45) is 35.5 Å². The van der Waals surface area contributed by atoms with Gasteiger partial charge >= 0.3 is 12.2 Å². The average molecular weight is 849 g/mol. The van der Waals surface area contributed by atoms with Crippen molar-refractivity contribution in [1.82, 2.24) is 40.4 Å². The maximum atomic E-state index is 14.1. The number of alkyl carbamates (subject to hydrolysis) is 2. The maximum absolute atomic E-state index is 14.1. The molecule has 7 atom stereocenters. The first-order valence-electron chi connectivity index (χ1n) is 22.2. The summed E-state index contributed by atoms with van der Waals surface area (Å²) >= 11 is 0. The van der Waals surface area contributed by atoms with Gasteiger partial charge in [0, 0.05) is 17.6 Å². The van der Waals surface area contributed by atoms with Gasteiger partial charge in [-0.2, -0.15) is 0 Å². The lowest BCUT2D eigenvalue weighted by Gasteiger charge is -2.34. The minimum absolute atomic E-state index is 0.0384. The highest BCUT2D eigenvalue weighted by Crippen LogP contribution is 2.47. The van der Waals surface area contributed by atoms with E-state index in [-0.39, 0.29) is 41.8 Å². The number of methoxy groups -OCH3 is 2. The van der Waals surface area contributed by atoms with E-state index in [1.165, 1.54) is 30.9 Å². The number of rotatable bonds is 15. The lowest BCUT2D eigenvalue weighted by molar-refractivity contribution is -0.138. The molecule has 2 heterocycles. The number of carbonyl (C=O) groups is 4. The third-order valence-corrected chi connectivity index (χ3v) is 14.0. The fourth-order valence-corrected chi connectivity index (χ4v) is 9.64. The lowest BCUT2D eigenvalue weighted by atomic mass is 9.92. The molecule has 2 aromatic carbocycles. The van der Waals surface area contributed by atoms with Crippen molar-refractivity contribution in [3.63, 3.8) is 0 Å². The molecule has 0 bridgehead atoms. The Morgan fingerprint density at radius 1 is 0.677 bits per heavy atom. The zero-order chi connectivity index (χ0) is 44.7. The zero-order valence-corrected chi connectivity index (χ0v) is 38.0. The highest BCUT2D eigenvalue weighted by atomic mass is 16.5. The van der Waals surface area contributed by atoms with Crippen LogP contribution >= 0.6 is 0 Å². The molecule has 0 spiro atoms. The topological polar surface area (TPSA) is 175 Å². The van der Waals surface area contributed by atoms with Crippen molar-refractivity contribution >= 4 is 24.0 Å². The monoisotopic (exact) mass is 848 g/mol. The van der Waals surface area contributed by atoms with E-state index < -0.39 is 24.3 Å². The second-order valence-electron chi connectivity index (χ2n) is 18.5. The van der Waals surface area contributed by atoms with Crippen LogP contribution in [0.4, 0.5) is 9.59 Å². The number of nitrogens with zero attached hydrogens (tertiary/aromatic N) is 4. The molecule has 14 nitrogen and oxygen atoms in total. The molecule has 2 aromatic heterocycles. The molecule has 4 N–H and O–H groups in total. The van der Waals surface area contributed by atoms with Crippen LogP contribution in [0.25, 0.3) is 33.6 Å². The van der Waals surface area contributed by atoms with E-state index in [4.69, 9.17) is 19.4 Å². The van der Waals surface area contributed by atoms with E-state index in [0.29, 0.717) is 41.9 Å². The van der Waals surface area contributed by atoms with Crippen LogP contribution < -0.4 is 10.6 Å². The van der Waals surface area contributed by atoms with Crippen LogP contribution in [-0.2, 0) is 38.4 Å². The van der Waals surface area contributed by atoms with Crippen molar-refractivity contribution in [2.45, 2.75) is 118 Å². The highest BCUT2D eigenvalue weighted by molar-refractivity contribution is 5.87. The predicted octanol–water partition coefficient (Wildman–Crippen LogP) is 7.91. The number of ether oxygens (including phenoxy) is 2. The summed E-state index contributed by atoms with van der Waals surface area (Å²) in [5.74, 6) is 2.21. The second kappa shape index (κ2) is 18.0. The quantitative estimate of drug-likeness (QED) is 0.0934. The molecule has 2 fully saturated rings. The van der Waals surface area contributed by atoms with Crippen molar-refractivity contribution in [2.75, 3.05) is 14.2 Å². The number of H-pyrrole nitrogens is 2. The third kappa shape index (κ3) is 8.70. The fourth-order valence-electron chi connectivity index (χ4n) is 9.64. The summed E-state index contributed by atoms with van der Waals surface area (Å²) in [6.07, 6.45) is 5.45. The summed E-state index contributed by atoms with van der Waals surface area (Å²) in [7, 11) is 2.61. The third-order valence-electron chi connectivity index (χ3n) is 14.0. The number of nitrogens with one attached hydrogen (secondary N) is 4. The predicted molar refractivity (Wildman–Crippen MR) is 237 cm³/mol. The number of amides is 4. The van der Waals surface area contributed by atoms with Crippen LogP contribution in [0.2, 0.25) is 0 Å². The Morgan fingerprint density at radius 2 is 1.19 bits per heavy atom. The number of hydrogen-bond acceptors (Lipinski definition) is 8. The van der Waals surface area contributed by atoms with Crippen LogP contribution in [0.1, 0.15) is 97.6 Å². The van der Waals surface area contributed by atoms with Crippen molar-refractivity contribution in [3.05, 3.63) is 71.6 Å². The van der Waals surface area contributed by atoms with Gasteiger partial charge in [0.1, 0.15) is 23.7 Å². The highest BCUT2D eigenvalue weighted by Gasteiger charge is 2.52. The smallest absolute Gasteiger partial charge is 0.407 e. The van der Waals surface area contributed by atoms with E-state index in [1.807, 2.05) is 56.8 Å². The molecule has 0 radical (unpaired) electrons. The van der Waals surface area contributed by atoms with Crippen molar-refractivity contribution < 1.29 is 28.7 Å². The van der Waals surface area contributed by atoms with Gasteiger partial charge in [-0.25, -0.2) is 19.6 Å². The molecule has 0 aliphatic heterocycles. The molecule has 332 valence electrons. The summed E-state index contributed by atoms with van der Waals surface area (Å²) in [6, 6.07) is 11.2.